The SMILES string of the molecule is P.[O]=[GeH][OH].[O]=[GeH][OH].[O]=[GeH][OH]. The van der Waals surface area contributed by atoms with Gasteiger partial charge in [-0.3, -0.25) is 0 Å². The summed E-state index contributed by atoms with van der Waals surface area (Å²) in [5, 5.41) is 0. The van der Waals surface area contributed by atoms with Crippen molar-refractivity contribution >= 4 is 57.0 Å². The van der Waals surface area contributed by atoms with E-state index in [0.29, 0.717) is 0 Å². The Labute approximate surface area is 80.5 Å². The second kappa shape index (κ2) is 52.0. The molecule has 0 aliphatic rings. The molecule has 6 nitrogen and oxygen atoms in total. The summed E-state index contributed by atoms with van der Waals surface area (Å²) >= 11 is -5.81. The van der Waals surface area contributed by atoms with Crippen molar-refractivity contribution in [1.29, 1.82) is 0 Å². The summed E-state index contributed by atoms with van der Waals surface area (Å²) in [6, 6.07) is 0. The first-order chi connectivity index (χ1) is 4.24. The third-order valence-corrected chi connectivity index (χ3v) is 0. The van der Waals surface area contributed by atoms with Gasteiger partial charge in [-0.1, -0.05) is 0 Å². The first-order valence-corrected chi connectivity index (χ1v) is 7.70. The van der Waals surface area contributed by atoms with Gasteiger partial charge in [0.05, 0.1) is 0 Å². The van der Waals surface area contributed by atoms with Crippen LogP contribution in [0.25, 0.3) is 0 Å². The van der Waals surface area contributed by atoms with Gasteiger partial charge in [0.15, 0.2) is 0 Å². The van der Waals surface area contributed by atoms with E-state index in [1.54, 1.807) is 0 Å². The minimum atomic E-state index is -1.94. The second-order valence-electron chi connectivity index (χ2n) is 0.316. The molecule has 1 unspecified atom stereocenters. The van der Waals surface area contributed by atoms with Gasteiger partial charge in [-0.2, -0.15) is 9.90 Å². The zero-order valence-corrected chi connectivity index (χ0v) is 13.7. The van der Waals surface area contributed by atoms with Gasteiger partial charge in [-0.25, -0.2) is 0 Å². The predicted molar refractivity (Wildman–Crippen MR) is 41.3 cm³/mol. The van der Waals surface area contributed by atoms with Crippen molar-refractivity contribution in [3.63, 3.8) is 0 Å². The van der Waals surface area contributed by atoms with Crippen LogP contribution < -0.4 is 0 Å². The molecule has 0 aromatic heterocycles. The Bertz CT molecular complexity index is 49.7. The zero-order chi connectivity index (χ0) is 8.12. The van der Waals surface area contributed by atoms with E-state index in [-0.39, 0.29) is 9.90 Å². The third kappa shape index (κ3) is 742. The summed E-state index contributed by atoms with van der Waals surface area (Å²) < 4.78 is 47.4. The maximum absolute atomic E-state index is 8.64. The fourth-order valence-electron chi connectivity index (χ4n) is 0. The molecular weight excluding hydrogens is 345 g/mol. The molecule has 0 saturated carbocycles. The van der Waals surface area contributed by atoms with Gasteiger partial charge in [-0.05, 0) is 0 Å². The van der Waals surface area contributed by atoms with E-state index in [9.17, 15) is 0 Å². The van der Waals surface area contributed by atoms with Crippen LogP contribution >= 0.6 is 9.90 Å². The summed E-state index contributed by atoms with van der Waals surface area (Å²) in [5.74, 6) is 0. The van der Waals surface area contributed by atoms with E-state index >= 15 is 0 Å². The summed E-state index contributed by atoms with van der Waals surface area (Å²) in [7, 11) is 0. The molecule has 10 heavy (non-hydrogen) atoms. The summed E-state index contributed by atoms with van der Waals surface area (Å²) in [6.07, 6.45) is 0. The van der Waals surface area contributed by atoms with Crippen LogP contribution in [-0.4, -0.2) is 59.5 Å². The Morgan fingerprint density at radius 2 is 0.700 bits per heavy atom. The standard InChI is InChI=1S/3GeH2O2.H3P/c3*2-1-3;/h3*1-2H;1H3. The first kappa shape index (κ1) is 22.4. The van der Waals surface area contributed by atoms with Crippen LogP contribution in [-0.2, 0) is 11.3 Å². The first-order valence-electron chi connectivity index (χ1n) is 1.48. The van der Waals surface area contributed by atoms with Crippen LogP contribution in [0.4, 0.5) is 0 Å². The normalized spacial score (nSPS) is 3.60. The Balaban J connectivity index is -0.0000000257. The van der Waals surface area contributed by atoms with Crippen LogP contribution in [0.1, 0.15) is 0 Å². The van der Waals surface area contributed by atoms with Gasteiger partial charge >= 0.3 is 70.8 Å². The van der Waals surface area contributed by atoms with E-state index < -0.39 is 47.1 Å². The van der Waals surface area contributed by atoms with Crippen molar-refractivity contribution in [3.8, 4) is 0 Å². The van der Waals surface area contributed by atoms with Crippen molar-refractivity contribution in [2.75, 3.05) is 0 Å². The van der Waals surface area contributed by atoms with Gasteiger partial charge in [-0.15, -0.1) is 0 Å². The molecule has 0 amide bonds. The van der Waals surface area contributed by atoms with Crippen LogP contribution in [0.3, 0.4) is 0 Å². The molecule has 0 saturated heterocycles. The molecule has 62 valence electrons. The van der Waals surface area contributed by atoms with Crippen molar-refractivity contribution in [2.24, 2.45) is 0 Å². The number of hydrogen-bond acceptors (Lipinski definition) is 3. The van der Waals surface area contributed by atoms with Crippen LogP contribution in [0.5, 0.6) is 0 Å². The minimum absolute atomic E-state index is 0. The molecule has 1 atom stereocenters. The summed E-state index contributed by atoms with van der Waals surface area (Å²) in [4.78, 5) is 0. The third-order valence-electron chi connectivity index (χ3n) is 0. The van der Waals surface area contributed by atoms with Gasteiger partial charge in [0.2, 0.25) is 0 Å². The molecule has 0 aromatic rings. The zero-order valence-electron chi connectivity index (χ0n) is 5.01. The summed E-state index contributed by atoms with van der Waals surface area (Å²) in [5.41, 5.74) is 0. The number of rotatable bonds is 0. The molecule has 0 spiro atoms. The van der Waals surface area contributed by atoms with Crippen LogP contribution in [0, 0.1) is 0 Å². The molecule has 0 rings (SSSR count). The predicted octanol–water partition coefficient (Wildman–Crippen LogP) is -3.91. The van der Waals surface area contributed by atoms with Crippen LogP contribution in [0.2, 0.25) is 0 Å². The van der Waals surface area contributed by atoms with Gasteiger partial charge in [0, 0.05) is 0 Å². The maximum atomic E-state index is 8.64. The fraction of sp³-hybridized carbons (Fsp3) is 0. The van der Waals surface area contributed by atoms with E-state index in [2.05, 4.69) is 0 Å². The molecule has 0 aliphatic heterocycles. The molecule has 0 aromatic carbocycles. The van der Waals surface area contributed by atoms with Crippen molar-refractivity contribution in [2.45, 2.75) is 0 Å². The van der Waals surface area contributed by atoms with Gasteiger partial charge < -0.3 is 0 Å². The summed E-state index contributed by atoms with van der Waals surface area (Å²) in [6.45, 7) is 0. The quantitative estimate of drug-likeness (QED) is 0.303. The molecule has 3 N–H and O–H groups in total. The second-order valence-corrected chi connectivity index (χ2v) is 1.64. The van der Waals surface area contributed by atoms with E-state index in [0.717, 1.165) is 0 Å². The average Bonchev–Trinajstić information content (AvgIpc) is 1.70. The van der Waals surface area contributed by atoms with Crippen molar-refractivity contribution in [3.05, 3.63) is 0 Å². The van der Waals surface area contributed by atoms with E-state index in [4.69, 9.17) is 23.7 Å². The molecule has 0 bridgehead atoms. The van der Waals surface area contributed by atoms with Gasteiger partial charge in [0.25, 0.3) is 0 Å². The Morgan fingerprint density at radius 1 is 0.700 bits per heavy atom. The van der Waals surface area contributed by atoms with Crippen LogP contribution in [0.15, 0.2) is 0 Å². The van der Waals surface area contributed by atoms with Crippen molar-refractivity contribution < 1.29 is 23.7 Å². The molecule has 0 aliphatic carbocycles. The molecule has 10 heteroatoms. The Morgan fingerprint density at radius 3 is 0.700 bits per heavy atom. The van der Waals surface area contributed by atoms with E-state index in [1.165, 1.54) is 0 Å². The fourth-order valence-corrected chi connectivity index (χ4v) is 0. The molecule has 0 heterocycles. The molecular formula is H9Ge3O6P. The number of hydrogen-bond donors (Lipinski definition) is 3. The average molecular weight is 354 g/mol. The van der Waals surface area contributed by atoms with Crippen molar-refractivity contribution in [1.82, 2.24) is 0 Å². The molecule has 0 radical (unpaired) electrons. The van der Waals surface area contributed by atoms with E-state index in [1.807, 2.05) is 0 Å². The Hall–Kier alpha value is 0.859. The van der Waals surface area contributed by atoms with Gasteiger partial charge in [0.1, 0.15) is 0 Å². The molecule has 0 fully saturated rings. The monoisotopic (exact) mass is 358 g/mol. The topological polar surface area (TPSA) is 112 Å². The Kier molecular flexibility index (Phi) is 117.